The lowest BCUT2D eigenvalue weighted by Gasteiger charge is -2.22. The van der Waals surface area contributed by atoms with Gasteiger partial charge in [-0.05, 0) is 77.7 Å². The van der Waals surface area contributed by atoms with Gasteiger partial charge in [0.2, 0.25) is 0 Å². The Morgan fingerprint density at radius 1 is 0.463 bits per heavy atom. The minimum absolute atomic E-state index is 0.0678. The van der Waals surface area contributed by atoms with Gasteiger partial charge >= 0.3 is 0 Å². The maximum Gasteiger partial charge on any atom is 0.0434 e. The molecular weight excluding hydrogens is 513 g/mol. The van der Waals surface area contributed by atoms with E-state index in [0.29, 0.717) is 0 Å². The van der Waals surface area contributed by atoms with Crippen molar-refractivity contribution in [1.82, 2.24) is 0 Å². The molecule has 9 rings (SSSR count). The van der Waals surface area contributed by atoms with Gasteiger partial charge in [0.1, 0.15) is 0 Å². The zero-order chi connectivity index (χ0) is 27.5. The van der Waals surface area contributed by atoms with Gasteiger partial charge in [0, 0.05) is 31.3 Å². The summed E-state index contributed by atoms with van der Waals surface area (Å²) in [5.74, 6) is 0. The van der Waals surface area contributed by atoms with Crippen molar-refractivity contribution in [2.24, 2.45) is 0 Å². The Labute approximate surface area is 243 Å². The third-order valence-corrected chi connectivity index (χ3v) is 10.3. The van der Waals surface area contributed by atoms with Crippen molar-refractivity contribution in [3.05, 3.63) is 121 Å². The molecule has 0 amide bonds. The van der Waals surface area contributed by atoms with Gasteiger partial charge in [0.15, 0.2) is 0 Å². The van der Waals surface area contributed by atoms with E-state index in [4.69, 9.17) is 0 Å². The standard InChI is InChI=1S/C40H28S/c1-40(2,3)33-21-20-27-32-22-24-19-18-23-10-4-5-11-25(23)35(24)38(37(32)30-15-9-14-29(33)36(27)30)31-16-8-13-28-26-12-6-7-17-34(26)41-39(28)31/h4-22H,1-3H3. The summed E-state index contributed by atoms with van der Waals surface area (Å²) in [6.45, 7) is 6.98. The summed E-state index contributed by atoms with van der Waals surface area (Å²) in [5, 5.41) is 10.7. The summed E-state index contributed by atoms with van der Waals surface area (Å²) in [5.41, 5.74) is 9.64. The average molecular weight is 541 g/mol. The van der Waals surface area contributed by atoms with E-state index in [2.05, 4.69) is 136 Å². The lowest BCUT2D eigenvalue weighted by molar-refractivity contribution is 0.596. The highest BCUT2D eigenvalue weighted by molar-refractivity contribution is 7.26. The molecule has 1 heterocycles. The summed E-state index contributed by atoms with van der Waals surface area (Å²) in [6.07, 6.45) is 0. The zero-order valence-corrected chi connectivity index (χ0v) is 24.2. The van der Waals surface area contributed by atoms with E-state index in [1.54, 1.807) is 0 Å². The number of hydrogen-bond acceptors (Lipinski definition) is 1. The van der Waals surface area contributed by atoms with Crippen molar-refractivity contribution in [3.8, 4) is 33.4 Å². The fourth-order valence-electron chi connectivity index (χ4n) is 7.37. The maximum absolute atomic E-state index is 2.46. The van der Waals surface area contributed by atoms with Gasteiger partial charge in [-0.15, -0.1) is 11.3 Å². The van der Waals surface area contributed by atoms with E-state index in [1.165, 1.54) is 91.4 Å². The van der Waals surface area contributed by atoms with Gasteiger partial charge in [-0.3, -0.25) is 0 Å². The summed E-state index contributed by atoms with van der Waals surface area (Å²) in [6, 6.07) is 43.4. The number of benzene rings is 7. The summed E-state index contributed by atoms with van der Waals surface area (Å²) >= 11 is 1.92. The minimum Gasteiger partial charge on any atom is -0.135 e. The van der Waals surface area contributed by atoms with E-state index in [1.807, 2.05) is 11.3 Å². The number of thiophene rings is 1. The SMILES string of the molecule is CC(C)(C)c1ccc2c3c(cccc13)-c1c-2cc2ccc3ccccc3c2c1-c1cccc2c1sc1ccccc12. The topological polar surface area (TPSA) is 0 Å². The molecule has 1 aliphatic rings. The molecule has 8 aromatic rings. The van der Waals surface area contributed by atoms with Crippen LogP contribution in [0, 0.1) is 0 Å². The fourth-order valence-corrected chi connectivity index (χ4v) is 8.60. The maximum atomic E-state index is 2.46. The number of hydrogen-bond donors (Lipinski definition) is 0. The van der Waals surface area contributed by atoms with Gasteiger partial charge in [-0.1, -0.05) is 124 Å². The highest BCUT2D eigenvalue weighted by Crippen LogP contribution is 2.56. The lowest BCUT2D eigenvalue weighted by Crippen LogP contribution is -2.11. The molecule has 0 unspecified atom stereocenters. The van der Waals surface area contributed by atoms with Crippen LogP contribution in [0.15, 0.2) is 115 Å². The van der Waals surface area contributed by atoms with Crippen LogP contribution in [0.1, 0.15) is 26.3 Å². The molecule has 0 aliphatic heterocycles. The molecule has 1 aromatic heterocycles. The van der Waals surface area contributed by atoms with Gasteiger partial charge in [-0.25, -0.2) is 0 Å². The molecule has 194 valence electrons. The van der Waals surface area contributed by atoms with Crippen molar-refractivity contribution >= 4 is 63.8 Å². The normalized spacial score (nSPS) is 12.8. The van der Waals surface area contributed by atoms with Crippen molar-refractivity contribution < 1.29 is 0 Å². The average Bonchev–Trinajstić information content (AvgIpc) is 3.52. The molecule has 7 aromatic carbocycles. The first-order valence-corrected chi connectivity index (χ1v) is 15.3. The monoisotopic (exact) mass is 540 g/mol. The van der Waals surface area contributed by atoms with Crippen LogP contribution in [0.5, 0.6) is 0 Å². The fraction of sp³-hybridized carbons (Fsp3) is 0.100. The second-order valence-corrected chi connectivity index (χ2v) is 13.5. The third-order valence-electron chi connectivity index (χ3n) is 9.11. The molecule has 0 atom stereocenters. The molecule has 0 radical (unpaired) electrons. The molecule has 1 heteroatoms. The van der Waals surface area contributed by atoms with Crippen molar-refractivity contribution in [2.75, 3.05) is 0 Å². The molecule has 1 aliphatic carbocycles. The van der Waals surface area contributed by atoms with Crippen LogP contribution in [0.4, 0.5) is 0 Å². The van der Waals surface area contributed by atoms with Gasteiger partial charge in [-0.2, -0.15) is 0 Å². The Kier molecular flexibility index (Phi) is 4.57. The summed E-state index contributed by atoms with van der Waals surface area (Å²) < 4.78 is 2.71. The molecule has 0 bridgehead atoms. The van der Waals surface area contributed by atoms with Crippen LogP contribution in [-0.4, -0.2) is 0 Å². The van der Waals surface area contributed by atoms with Crippen LogP contribution < -0.4 is 0 Å². The molecule has 0 N–H and O–H groups in total. The Morgan fingerprint density at radius 3 is 2.02 bits per heavy atom. The first-order valence-electron chi connectivity index (χ1n) is 14.4. The largest absolute Gasteiger partial charge is 0.135 e. The molecule has 0 saturated carbocycles. The predicted octanol–water partition coefficient (Wildman–Crippen LogP) is 12.1. The van der Waals surface area contributed by atoms with Crippen LogP contribution in [0.25, 0.3) is 85.9 Å². The number of fused-ring (bicyclic) bond motifs is 9. The second-order valence-electron chi connectivity index (χ2n) is 12.5. The number of rotatable bonds is 1. The van der Waals surface area contributed by atoms with E-state index >= 15 is 0 Å². The first-order chi connectivity index (χ1) is 20.0. The van der Waals surface area contributed by atoms with Crippen LogP contribution in [0.3, 0.4) is 0 Å². The lowest BCUT2D eigenvalue weighted by atomic mass is 9.82. The van der Waals surface area contributed by atoms with Gasteiger partial charge < -0.3 is 0 Å². The Morgan fingerprint density at radius 2 is 1.17 bits per heavy atom. The molecular formula is C40H28S. The van der Waals surface area contributed by atoms with Crippen LogP contribution in [-0.2, 0) is 5.41 Å². The van der Waals surface area contributed by atoms with E-state index in [0.717, 1.165) is 0 Å². The summed E-state index contributed by atoms with van der Waals surface area (Å²) in [4.78, 5) is 0. The first kappa shape index (κ1) is 23.3. The molecule has 0 fully saturated rings. The quantitative estimate of drug-likeness (QED) is 0.182. The van der Waals surface area contributed by atoms with E-state index in [9.17, 15) is 0 Å². The van der Waals surface area contributed by atoms with Crippen molar-refractivity contribution in [2.45, 2.75) is 26.2 Å². The van der Waals surface area contributed by atoms with Crippen LogP contribution in [0.2, 0.25) is 0 Å². The van der Waals surface area contributed by atoms with Crippen molar-refractivity contribution in [3.63, 3.8) is 0 Å². The molecule has 41 heavy (non-hydrogen) atoms. The molecule has 0 saturated heterocycles. The zero-order valence-electron chi connectivity index (χ0n) is 23.4. The van der Waals surface area contributed by atoms with E-state index in [-0.39, 0.29) is 5.41 Å². The minimum atomic E-state index is 0.0678. The molecule has 0 spiro atoms. The molecule has 0 nitrogen and oxygen atoms in total. The van der Waals surface area contributed by atoms with E-state index < -0.39 is 0 Å². The smallest absolute Gasteiger partial charge is 0.0434 e. The Hall–Kier alpha value is -4.46. The predicted molar refractivity (Wildman–Crippen MR) is 180 cm³/mol. The van der Waals surface area contributed by atoms with Crippen LogP contribution >= 0.6 is 11.3 Å². The second kappa shape index (κ2) is 8.06. The highest BCUT2D eigenvalue weighted by atomic mass is 32.1. The summed E-state index contributed by atoms with van der Waals surface area (Å²) in [7, 11) is 0. The van der Waals surface area contributed by atoms with Gasteiger partial charge in [0.25, 0.3) is 0 Å². The third kappa shape index (κ3) is 3.10. The highest BCUT2D eigenvalue weighted by Gasteiger charge is 2.30. The Bertz CT molecular complexity index is 2390. The van der Waals surface area contributed by atoms with Gasteiger partial charge in [0.05, 0.1) is 0 Å². The van der Waals surface area contributed by atoms with Crippen molar-refractivity contribution in [1.29, 1.82) is 0 Å². The Balaban J connectivity index is 1.52.